The minimum atomic E-state index is 0.178. The van der Waals surface area contributed by atoms with E-state index in [0.717, 1.165) is 45.5 Å². The summed E-state index contributed by atoms with van der Waals surface area (Å²) in [5.74, 6) is 0.275. The van der Waals surface area contributed by atoms with Crippen molar-refractivity contribution in [2.45, 2.75) is 37.8 Å². The fraction of sp³-hybridized carbons (Fsp3) is 0.611. The van der Waals surface area contributed by atoms with E-state index in [0.29, 0.717) is 12.5 Å². The lowest BCUT2D eigenvalue weighted by atomic mass is 10.0. The number of nitrogens with zero attached hydrogens (tertiary/aromatic N) is 2. The van der Waals surface area contributed by atoms with E-state index in [1.807, 2.05) is 6.07 Å². The fourth-order valence-corrected chi connectivity index (χ4v) is 3.48. The minimum absolute atomic E-state index is 0.178. The Balaban J connectivity index is 1.65. The van der Waals surface area contributed by atoms with Gasteiger partial charge in [0.05, 0.1) is 12.1 Å². The lowest BCUT2D eigenvalue weighted by molar-refractivity contribution is -0.136. The number of piperazine rings is 1. The summed E-state index contributed by atoms with van der Waals surface area (Å²) >= 11 is 0. The molecule has 2 saturated heterocycles. The highest BCUT2D eigenvalue weighted by Gasteiger charge is 2.30. The quantitative estimate of drug-likeness (QED) is 0.856. The van der Waals surface area contributed by atoms with Crippen LogP contribution in [0.1, 0.15) is 37.3 Å². The number of carbonyl (C=O) groups excluding carboxylic acids is 1. The van der Waals surface area contributed by atoms with Gasteiger partial charge in [0.15, 0.2) is 0 Å². The number of benzene rings is 1. The third kappa shape index (κ3) is 3.68. The highest BCUT2D eigenvalue weighted by molar-refractivity contribution is 5.77. The van der Waals surface area contributed by atoms with Gasteiger partial charge in [0, 0.05) is 32.7 Å². The molecule has 2 fully saturated rings. The summed E-state index contributed by atoms with van der Waals surface area (Å²) in [6.07, 6.45) is 4.02. The van der Waals surface area contributed by atoms with Crippen LogP contribution in [0.15, 0.2) is 30.3 Å². The zero-order valence-corrected chi connectivity index (χ0v) is 13.4. The third-order valence-corrected chi connectivity index (χ3v) is 4.79. The van der Waals surface area contributed by atoms with Crippen molar-refractivity contribution in [3.8, 4) is 0 Å². The number of amides is 1. The first-order valence-electron chi connectivity index (χ1n) is 8.38. The molecule has 22 heavy (non-hydrogen) atoms. The Kier molecular flexibility index (Phi) is 5.11. The van der Waals surface area contributed by atoms with Gasteiger partial charge < -0.3 is 14.5 Å². The Bertz CT molecular complexity index is 485. The maximum atomic E-state index is 12.7. The van der Waals surface area contributed by atoms with Crippen molar-refractivity contribution in [3.05, 3.63) is 35.9 Å². The molecule has 0 aromatic heterocycles. The molecule has 4 heteroatoms. The highest BCUT2D eigenvalue weighted by Crippen LogP contribution is 2.26. The monoisotopic (exact) mass is 302 g/mol. The summed E-state index contributed by atoms with van der Waals surface area (Å²) in [6.45, 7) is 3.55. The summed E-state index contributed by atoms with van der Waals surface area (Å²) in [6, 6.07) is 10.6. The lowest BCUT2D eigenvalue weighted by Crippen LogP contribution is -2.49. The molecule has 0 bridgehead atoms. The van der Waals surface area contributed by atoms with E-state index in [4.69, 9.17) is 4.74 Å². The van der Waals surface area contributed by atoms with Crippen LogP contribution in [0, 0.1) is 0 Å². The van der Waals surface area contributed by atoms with E-state index in [1.54, 1.807) is 0 Å². The summed E-state index contributed by atoms with van der Waals surface area (Å²) in [4.78, 5) is 17.1. The summed E-state index contributed by atoms with van der Waals surface area (Å²) in [5.41, 5.74) is 1.24. The summed E-state index contributed by atoms with van der Waals surface area (Å²) in [7, 11) is 2.13. The standard InChI is InChI=1S/C18H26N2O2/c1-19-11-12-20(17(14-19)15-6-3-2-4-7-15)18(21)10-9-16-8-5-13-22-16/h2-4,6-7,16-17H,5,8-14H2,1H3. The number of hydrogen-bond acceptors (Lipinski definition) is 3. The van der Waals surface area contributed by atoms with E-state index in [1.165, 1.54) is 5.56 Å². The average molecular weight is 302 g/mol. The molecule has 0 saturated carbocycles. The van der Waals surface area contributed by atoms with E-state index in [9.17, 15) is 4.79 Å². The number of hydrogen-bond donors (Lipinski definition) is 0. The molecular formula is C18H26N2O2. The van der Waals surface area contributed by atoms with Gasteiger partial charge in [-0.3, -0.25) is 4.79 Å². The molecule has 0 radical (unpaired) electrons. The lowest BCUT2D eigenvalue weighted by Gasteiger charge is -2.40. The second-order valence-electron chi connectivity index (χ2n) is 6.45. The second kappa shape index (κ2) is 7.25. The highest BCUT2D eigenvalue weighted by atomic mass is 16.5. The predicted octanol–water partition coefficient (Wildman–Crippen LogP) is 2.46. The van der Waals surface area contributed by atoms with E-state index in [-0.39, 0.29) is 11.9 Å². The van der Waals surface area contributed by atoms with Crippen molar-refractivity contribution < 1.29 is 9.53 Å². The van der Waals surface area contributed by atoms with Gasteiger partial charge in [-0.15, -0.1) is 0 Å². The van der Waals surface area contributed by atoms with Crippen LogP contribution in [0.2, 0.25) is 0 Å². The number of carbonyl (C=O) groups is 1. The van der Waals surface area contributed by atoms with Crippen LogP contribution in [-0.2, 0) is 9.53 Å². The molecule has 0 N–H and O–H groups in total. The average Bonchev–Trinajstić information content (AvgIpc) is 3.07. The molecule has 2 heterocycles. The van der Waals surface area contributed by atoms with Gasteiger partial charge in [-0.2, -0.15) is 0 Å². The molecule has 1 aromatic carbocycles. The molecule has 2 unspecified atom stereocenters. The first-order chi connectivity index (χ1) is 10.7. The Labute approximate surface area is 133 Å². The van der Waals surface area contributed by atoms with Crippen LogP contribution in [0.3, 0.4) is 0 Å². The number of ether oxygens (including phenoxy) is 1. The van der Waals surface area contributed by atoms with Gasteiger partial charge in [0.1, 0.15) is 0 Å². The van der Waals surface area contributed by atoms with Crippen molar-refractivity contribution in [2.24, 2.45) is 0 Å². The molecule has 3 rings (SSSR count). The van der Waals surface area contributed by atoms with Crippen molar-refractivity contribution >= 4 is 5.91 Å². The maximum absolute atomic E-state index is 12.7. The molecular weight excluding hydrogens is 276 g/mol. The molecule has 1 aromatic rings. The van der Waals surface area contributed by atoms with Crippen molar-refractivity contribution in [1.82, 2.24) is 9.80 Å². The van der Waals surface area contributed by atoms with Gasteiger partial charge >= 0.3 is 0 Å². The molecule has 120 valence electrons. The second-order valence-corrected chi connectivity index (χ2v) is 6.45. The Morgan fingerprint density at radius 2 is 2.09 bits per heavy atom. The van der Waals surface area contributed by atoms with Gasteiger partial charge in [-0.1, -0.05) is 30.3 Å². The number of rotatable bonds is 4. The predicted molar refractivity (Wildman–Crippen MR) is 86.6 cm³/mol. The van der Waals surface area contributed by atoms with E-state index < -0.39 is 0 Å². The van der Waals surface area contributed by atoms with E-state index in [2.05, 4.69) is 41.1 Å². The summed E-state index contributed by atoms with van der Waals surface area (Å²) < 4.78 is 5.64. The van der Waals surface area contributed by atoms with Gasteiger partial charge in [-0.25, -0.2) is 0 Å². The van der Waals surface area contributed by atoms with Gasteiger partial charge in [0.25, 0.3) is 0 Å². The van der Waals surface area contributed by atoms with Crippen molar-refractivity contribution in [2.75, 3.05) is 33.3 Å². The largest absolute Gasteiger partial charge is 0.378 e. The summed E-state index contributed by atoms with van der Waals surface area (Å²) in [5, 5.41) is 0. The van der Waals surface area contributed by atoms with E-state index >= 15 is 0 Å². The molecule has 2 atom stereocenters. The number of likely N-dealkylation sites (N-methyl/N-ethyl adjacent to an activating group) is 1. The maximum Gasteiger partial charge on any atom is 0.223 e. The Morgan fingerprint density at radius 1 is 1.27 bits per heavy atom. The van der Waals surface area contributed by atoms with Gasteiger partial charge in [-0.05, 0) is 31.9 Å². The topological polar surface area (TPSA) is 32.8 Å². The van der Waals surface area contributed by atoms with Gasteiger partial charge in [0.2, 0.25) is 5.91 Å². The fourth-order valence-electron chi connectivity index (χ4n) is 3.48. The normalized spacial score (nSPS) is 26.3. The molecule has 0 spiro atoms. The molecule has 2 aliphatic rings. The molecule has 4 nitrogen and oxygen atoms in total. The Hall–Kier alpha value is -1.39. The van der Waals surface area contributed by atoms with Crippen LogP contribution in [0.25, 0.3) is 0 Å². The first-order valence-corrected chi connectivity index (χ1v) is 8.38. The smallest absolute Gasteiger partial charge is 0.223 e. The SMILES string of the molecule is CN1CCN(C(=O)CCC2CCCO2)C(c2ccccc2)C1. The van der Waals surface area contributed by atoms with Crippen LogP contribution < -0.4 is 0 Å². The Morgan fingerprint density at radius 3 is 2.82 bits per heavy atom. The van der Waals surface area contributed by atoms with Crippen LogP contribution >= 0.6 is 0 Å². The first kappa shape index (κ1) is 15.5. The van der Waals surface area contributed by atoms with Crippen LogP contribution in [0.4, 0.5) is 0 Å². The molecule has 1 amide bonds. The third-order valence-electron chi connectivity index (χ3n) is 4.79. The van der Waals surface area contributed by atoms with Crippen molar-refractivity contribution in [1.29, 1.82) is 0 Å². The molecule has 2 aliphatic heterocycles. The van der Waals surface area contributed by atoms with Crippen LogP contribution in [-0.4, -0.2) is 55.1 Å². The molecule has 0 aliphatic carbocycles. The minimum Gasteiger partial charge on any atom is -0.378 e. The van der Waals surface area contributed by atoms with Crippen molar-refractivity contribution in [3.63, 3.8) is 0 Å². The zero-order valence-electron chi connectivity index (χ0n) is 13.4. The van der Waals surface area contributed by atoms with Crippen LogP contribution in [0.5, 0.6) is 0 Å². The zero-order chi connectivity index (χ0) is 15.4.